The zero-order valence-electron chi connectivity index (χ0n) is 9.76. The van der Waals surface area contributed by atoms with Crippen LogP contribution in [0.1, 0.15) is 13.3 Å². The molecule has 2 rings (SSSR count). The molecule has 94 valence electrons. The van der Waals surface area contributed by atoms with Crippen LogP contribution in [0, 0.1) is 0 Å². The Labute approximate surface area is 118 Å². The van der Waals surface area contributed by atoms with E-state index >= 15 is 0 Å². The topological polar surface area (TPSA) is 54.9 Å². The van der Waals surface area contributed by atoms with Crippen LogP contribution in [0.25, 0.3) is 11.4 Å². The number of nitrogens with zero attached hydrogens (tertiary/aromatic N) is 2. The van der Waals surface area contributed by atoms with E-state index in [1.807, 2.05) is 30.5 Å². The van der Waals surface area contributed by atoms with Gasteiger partial charge in [0.15, 0.2) is 5.13 Å². The van der Waals surface area contributed by atoms with Gasteiger partial charge in [0.1, 0.15) is 5.69 Å². The van der Waals surface area contributed by atoms with Crippen LogP contribution >= 0.6 is 27.3 Å². The molecule has 0 saturated heterocycles. The number of rotatable bonds is 4. The molecule has 6 heteroatoms. The monoisotopic (exact) mass is 325 g/mol. The Kier molecular flexibility index (Phi) is 4.43. The van der Waals surface area contributed by atoms with Gasteiger partial charge in [-0.1, -0.05) is 28.9 Å². The van der Waals surface area contributed by atoms with Gasteiger partial charge in [0.2, 0.25) is 5.91 Å². The predicted octanol–water partition coefficient (Wildman–Crippen LogP) is 3.32. The van der Waals surface area contributed by atoms with Crippen molar-refractivity contribution in [2.24, 2.45) is 0 Å². The number of carbonyl (C=O) groups is 1. The van der Waals surface area contributed by atoms with E-state index in [0.29, 0.717) is 5.13 Å². The maximum absolute atomic E-state index is 11.7. The first-order valence-corrected chi connectivity index (χ1v) is 7.32. The van der Waals surface area contributed by atoms with Crippen LogP contribution in [0.2, 0.25) is 0 Å². The molecule has 18 heavy (non-hydrogen) atoms. The lowest BCUT2D eigenvalue weighted by Crippen LogP contribution is -2.21. The van der Waals surface area contributed by atoms with Crippen LogP contribution in [0.15, 0.2) is 29.8 Å². The number of alkyl halides is 1. The first-order valence-electron chi connectivity index (χ1n) is 5.52. The molecule has 2 aromatic rings. The van der Waals surface area contributed by atoms with Crippen molar-refractivity contribution in [2.75, 3.05) is 5.32 Å². The lowest BCUT2D eigenvalue weighted by Gasteiger charge is -2.05. The Bertz CT molecular complexity index is 529. The summed E-state index contributed by atoms with van der Waals surface area (Å²) in [5.41, 5.74) is 1.58. The second-order valence-electron chi connectivity index (χ2n) is 3.62. The van der Waals surface area contributed by atoms with Crippen molar-refractivity contribution in [3.05, 3.63) is 29.8 Å². The number of anilines is 1. The number of carbonyl (C=O) groups excluding carboxylic acids is 1. The highest BCUT2D eigenvalue weighted by Crippen LogP contribution is 2.23. The molecule has 0 aromatic carbocycles. The smallest absolute Gasteiger partial charge is 0.239 e. The van der Waals surface area contributed by atoms with Crippen LogP contribution in [0.3, 0.4) is 0 Å². The van der Waals surface area contributed by atoms with Gasteiger partial charge in [-0.3, -0.25) is 9.78 Å². The molecule has 0 fully saturated rings. The number of pyridine rings is 1. The van der Waals surface area contributed by atoms with Crippen LogP contribution in [-0.2, 0) is 4.79 Å². The Morgan fingerprint density at radius 2 is 2.33 bits per heavy atom. The van der Waals surface area contributed by atoms with E-state index < -0.39 is 0 Å². The third kappa shape index (κ3) is 3.14. The highest BCUT2D eigenvalue weighted by Gasteiger charge is 2.14. The molecule has 0 bridgehead atoms. The van der Waals surface area contributed by atoms with E-state index in [2.05, 4.69) is 31.2 Å². The molecule has 0 aliphatic rings. The summed E-state index contributed by atoms with van der Waals surface area (Å²) < 4.78 is 0. The first-order chi connectivity index (χ1) is 8.70. The highest BCUT2D eigenvalue weighted by molar-refractivity contribution is 9.10. The van der Waals surface area contributed by atoms with Crippen LogP contribution in [0.5, 0.6) is 0 Å². The fourth-order valence-electron chi connectivity index (χ4n) is 1.33. The van der Waals surface area contributed by atoms with Crippen molar-refractivity contribution < 1.29 is 4.79 Å². The number of amides is 1. The molecule has 0 radical (unpaired) electrons. The second-order valence-corrected chi connectivity index (χ2v) is 5.58. The van der Waals surface area contributed by atoms with E-state index in [1.54, 1.807) is 6.20 Å². The van der Waals surface area contributed by atoms with Gasteiger partial charge in [0.05, 0.1) is 10.5 Å². The molecule has 0 saturated carbocycles. The minimum atomic E-state index is -0.181. The van der Waals surface area contributed by atoms with Gasteiger partial charge in [-0.25, -0.2) is 4.98 Å². The Hall–Kier alpha value is -1.27. The number of nitrogens with one attached hydrogen (secondary N) is 1. The number of hydrogen-bond acceptors (Lipinski definition) is 4. The molecular weight excluding hydrogens is 314 g/mol. The molecule has 1 unspecified atom stereocenters. The number of hydrogen-bond donors (Lipinski definition) is 1. The predicted molar refractivity (Wildman–Crippen MR) is 77.0 cm³/mol. The average Bonchev–Trinajstić information content (AvgIpc) is 2.87. The fourth-order valence-corrected chi connectivity index (χ4v) is 2.15. The Morgan fingerprint density at radius 1 is 1.50 bits per heavy atom. The van der Waals surface area contributed by atoms with Gasteiger partial charge < -0.3 is 5.32 Å². The zero-order chi connectivity index (χ0) is 13.0. The average molecular weight is 326 g/mol. The van der Waals surface area contributed by atoms with Crippen molar-refractivity contribution in [1.82, 2.24) is 9.97 Å². The van der Waals surface area contributed by atoms with Gasteiger partial charge in [0.25, 0.3) is 0 Å². The molecule has 1 N–H and O–H groups in total. The highest BCUT2D eigenvalue weighted by atomic mass is 79.9. The summed E-state index contributed by atoms with van der Waals surface area (Å²) in [6.07, 6.45) is 2.46. The Balaban J connectivity index is 2.10. The summed E-state index contributed by atoms with van der Waals surface area (Å²) in [6, 6.07) is 5.65. The minimum absolute atomic E-state index is 0.0700. The molecule has 1 amide bonds. The maximum atomic E-state index is 11.7. The molecule has 2 aromatic heterocycles. The zero-order valence-corrected chi connectivity index (χ0v) is 12.2. The maximum Gasteiger partial charge on any atom is 0.239 e. The number of thiazole rings is 1. The lowest BCUT2D eigenvalue weighted by atomic mass is 10.3. The van der Waals surface area contributed by atoms with Crippen molar-refractivity contribution in [3.63, 3.8) is 0 Å². The summed E-state index contributed by atoms with van der Waals surface area (Å²) >= 11 is 4.70. The normalized spacial score (nSPS) is 12.1. The van der Waals surface area contributed by atoms with Gasteiger partial charge in [-0.2, -0.15) is 0 Å². The van der Waals surface area contributed by atoms with Crippen LogP contribution in [0.4, 0.5) is 5.13 Å². The number of halogens is 1. The first kappa shape index (κ1) is 13.2. The van der Waals surface area contributed by atoms with Crippen LogP contribution in [-0.4, -0.2) is 20.7 Å². The van der Waals surface area contributed by atoms with E-state index in [0.717, 1.165) is 17.8 Å². The molecule has 2 heterocycles. The van der Waals surface area contributed by atoms with E-state index in [1.165, 1.54) is 11.3 Å². The van der Waals surface area contributed by atoms with Gasteiger partial charge >= 0.3 is 0 Å². The van der Waals surface area contributed by atoms with E-state index in [9.17, 15) is 4.79 Å². The molecular formula is C12H12BrN3OS. The summed E-state index contributed by atoms with van der Waals surface area (Å²) in [6.45, 7) is 1.94. The summed E-state index contributed by atoms with van der Waals surface area (Å²) in [5, 5.41) is 5.25. The fraction of sp³-hybridized carbons (Fsp3) is 0.250. The van der Waals surface area contributed by atoms with Gasteiger partial charge in [0, 0.05) is 11.6 Å². The van der Waals surface area contributed by atoms with Crippen molar-refractivity contribution >= 4 is 38.3 Å². The molecule has 0 spiro atoms. The summed E-state index contributed by atoms with van der Waals surface area (Å²) in [7, 11) is 0. The molecule has 0 aliphatic heterocycles. The van der Waals surface area contributed by atoms with Gasteiger partial charge in [-0.15, -0.1) is 11.3 Å². The standard InChI is InChI=1S/C12H12BrN3OS/c1-2-8(13)11(17)16-12-15-10(7-18-12)9-5-3-4-6-14-9/h3-8H,2H2,1H3,(H,15,16,17). The third-order valence-electron chi connectivity index (χ3n) is 2.30. The second kappa shape index (κ2) is 6.06. The third-order valence-corrected chi connectivity index (χ3v) is 4.13. The lowest BCUT2D eigenvalue weighted by molar-refractivity contribution is -0.115. The number of aromatic nitrogens is 2. The van der Waals surface area contributed by atoms with Crippen molar-refractivity contribution in [3.8, 4) is 11.4 Å². The minimum Gasteiger partial charge on any atom is -0.301 e. The molecule has 4 nitrogen and oxygen atoms in total. The SMILES string of the molecule is CCC(Br)C(=O)Nc1nc(-c2ccccn2)cs1. The van der Waals surface area contributed by atoms with Gasteiger partial charge in [-0.05, 0) is 18.6 Å². The Morgan fingerprint density at radius 3 is 3.00 bits per heavy atom. The van der Waals surface area contributed by atoms with Crippen molar-refractivity contribution in [1.29, 1.82) is 0 Å². The quantitative estimate of drug-likeness (QED) is 0.877. The molecule has 1 atom stereocenters. The van der Waals surface area contributed by atoms with E-state index in [4.69, 9.17) is 0 Å². The largest absolute Gasteiger partial charge is 0.301 e. The van der Waals surface area contributed by atoms with E-state index in [-0.39, 0.29) is 10.7 Å². The summed E-state index contributed by atoms with van der Waals surface area (Å²) in [5.74, 6) is -0.0700. The van der Waals surface area contributed by atoms with Crippen molar-refractivity contribution in [2.45, 2.75) is 18.2 Å². The van der Waals surface area contributed by atoms with Crippen LogP contribution < -0.4 is 5.32 Å². The molecule has 0 aliphatic carbocycles. The summed E-state index contributed by atoms with van der Waals surface area (Å²) in [4.78, 5) is 20.1.